The van der Waals surface area contributed by atoms with E-state index < -0.39 is 11.9 Å². The van der Waals surface area contributed by atoms with E-state index in [-0.39, 0.29) is 23.1 Å². The van der Waals surface area contributed by atoms with Gasteiger partial charge in [0.1, 0.15) is 0 Å². The first-order valence-corrected chi connectivity index (χ1v) is 9.24. The Morgan fingerprint density at radius 2 is 1.90 bits per heavy atom. The minimum atomic E-state index is -0.636. The molecule has 0 unspecified atom stereocenters. The maximum absolute atomic E-state index is 12.2. The van der Waals surface area contributed by atoms with Crippen molar-refractivity contribution in [2.24, 2.45) is 4.99 Å². The molecule has 0 saturated carbocycles. The van der Waals surface area contributed by atoms with Crippen LogP contribution in [0.5, 0.6) is 11.5 Å². The van der Waals surface area contributed by atoms with Crippen molar-refractivity contribution in [1.29, 1.82) is 0 Å². The number of cyclic esters (lactones) is 1. The molecule has 0 radical (unpaired) electrons. The van der Waals surface area contributed by atoms with Gasteiger partial charge in [0.2, 0.25) is 11.7 Å². The van der Waals surface area contributed by atoms with E-state index in [4.69, 9.17) is 18.6 Å². The number of ether oxygens (including phenoxy) is 3. The summed E-state index contributed by atoms with van der Waals surface area (Å²) < 4.78 is 21.3. The summed E-state index contributed by atoms with van der Waals surface area (Å²) in [5.41, 5.74) is 1.52. The monoisotopic (exact) mass is 403 g/mol. The van der Waals surface area contributed by atoms with Crippen molar-refractivity contribution in [3.63, 3.8) is 0 Å². The molecule has 0 fully saturated rings. The van der Waals surface area contributed by atoms with E-state index in [0.29, 0.717) is 23.5 Å². The van der Waals surface area contributed by atoms with Crippen LogP contribution >= 0.6 is 0 Å². The summed E-state index contributed by atoms with van der Waals surface area (Å²) in [4.78, 5) is 28.6. The van der Waals surface area contributed by atoms with Crippen molar-refractivity contribution < 1.29 is 28.2 Å². The Hall–Kier alpha value is -4.13. The summed E-state index contributed by atoms with van der Waals surface area (Å²) in [5.74, 6) is -0.252. The molecular weight excluding hydrogens is 386 g/mol. The number of esters is 2. The Kier molecular flexibility index (Phi) is 5.43. The van der Waals surface area contributed by atoms with Crippen molar-refractivity contribution >= 4 is 23.9 Å². The molecular formula is C23H17NO6. The fraction of sp³-hybridized carbons (Fsp3) is 0.0870. The normalized spacial score (nSPS) is 14.4. The van der Waals surface area contributed by atoms with Crippen LogP contribution in [-0.4, -0.2) is 24.4 Å². The molecule has 0 saturated heterocycles. The number of rotatable bonds is 6. The Bertz CT molecular complexity index is 1130. The first-order valence-electron chi connectivity index (χ1n) is 9.24. The van der Waals surface area contributed by atoms with Crippen molar-refractivity contribution in [3.8, 4) is 11.5 Å². The zero-order valence-corrected chi connectivity index (χ0v) is 16.0. The van der Waals surface area contributed by atoms with Crippen molar-refractivity contribution in [1.82, 2.24) is 0 Å². The van der Waals surface area contributed by atoms with Gasteiger partial charge in [0.25, 0.3) is 0 Å². The van der Waals surface area contributed by atoms with E-state index in [1.54, 1.807) is 30.3 Å². The summed E-state index contributed by atoms with van der Waals surface area (Å²) in [6, 6.07) is 17.2. The van der Waals surface area contributed by atoms with Crippen LogP contribution in [-0.2, 0) is 9.53 Å². The smallest absolute Gasteiger partial charge is 0.379 e. The van der Waals surface area contributed by atoms with Gasteiger partial charge in [-0.25, -0.2) is 14.6 Å². The minimum Gasteiger partial charge on any atom is -0.490 e. The molecule has 7 heteroatoms. The van der Waals surface area contributed by atoms with Crippen LogP contribution in [0.2, 0.25) is 0 Å². The molecule has 1 aliphatic rings. The Morgan fingerprint density at radius 1 is 1.07 bits per heavy atom. The molecule has 0 bridgehead atoms. The van der Waals surface area contributed by atoms with Crippen LogP contribution in [0.15, 0.2) is 82.0 Å². The zero-order valence-electron chi connectivity index (χ0n) is 16.0. The number of nitrogens with zero attached hydrogens (tertiary/aromatic N) is 1. The number of aliphatic imine (C=N–C) groups is 1. The topological polar surface area (TPSA) is 87.3 Å². The molecule has 3 aromatic rings. The predicted octanol–water partition coefficient (Wildman–Crippen LogP) is 4.24. The van der Waals surface area contributed by atoms with Gasteiger partial charge in [0.15, 0.2) is 17.2 Å². The van der Waals surface area contributed by atoms with Crippen LogP contribution in [0.4, 0.5) is 0 Å². The summed E-state index contributed by atoms with van der Waals surface area (Å²) in [5, 5.41) is 0. The summed E-state index contributed by atoms with van der Waals surface area (Å²) >= 11 is 0. The minimum absolute atomic E-state index is 0.0834. The number of carbonyl (C=O) groups is 2. The van der Waals surface area contributed by atoms with Gasteiger partial charge in [-0.2, -0.15) is 0 Å². The van der Waals surface area contributed by atoms with Gasteiger partial charge < -0.3 is 18.6 Å². The highest BCUT2D eigenvalue weighted by molar-refractivity contribution is 6.12. The standard InChI is InChI=1S/C23H17NO6/c1-2-27-20-14-15(10-11-18(20)29-23(26)19-9-6-12-28-19)13-17-22(25)30-21(24-17)16-7-4-3-5-8-16/h3-14H,2H2,1H3. The highest BCUT2D eigenvalue weighted by atomic mass is 16.6. The molecule has 0 amide bonds. The van der Waals surface area contributed by atoms with E-state index in [9.17, 15) is 9.59 Å². The molecule has 0 N–H and O–H groups in total. The number of furan rings is 1. The number of hydrogen-bond acceptors (Lipinski definition) is 7. The van der Waals surface area contributed by atoms with E-state index in [2.05, 4.69) is 4.99 Å². The Labute approximate surface area is 172 Å². The summed E-state index contributed by atoms with van der Waals surface area (Å²) in [6.45, 7) is 2.18. The zero-order chi connectivity index (χ0) is 20.9. The molecule has 1 aliphatic heterocycles. The van der Waals surface area contributed by atoms with Crippen LogP contribution in [0.25, 0.3) is 6.08 Å². The molecule has 4 rings (SSSR count). The van der Waals surface area contributed by atoms with Crippen molar-refractivity contribution in [3.05, 3.63) is 89.5 Å². The number of hydrogen-bond donors (Lipinski definition) is 0. The van der Waals surface area contributed by atoms with Crippen LogP contribution in [0.1, 0.15) is 28.6 Å². The van der Waals surface area contributed by atoms with Crippen LogP contribution in [0, 0.1) is 0 Å². The highest BCUT2D eigenvalue weighted by Gasteiger charge is 2.24. The molecule has 0 atom stereocenters. The average Bonchev–Trinajstić information content (AvgIpc) is 3.41. The molecule has 30 heavy (non-hydrogen) atoms. The highest BCUT2D eigenvalue weighted by Crippen LogP contribution is 2.31. The summed E-state index contributed by atoms with van der Waals surface area (Å²) in [6.07, 6.45) is 2.97. The number of benzene rings is 2. The summed E-state index contributed by atoms with van der Waals surface area (Å²) in [7, 11) is 0. The second-order valence-electron chi connectivity index (χ2n) is 6.21. The third-order valence-corrected chi connectivity index (χ3v) is 4.14. The predicted molar refractivity (Wildman–Crippen MR) is 108 cm³/mol. The lowest BCUT2D eigenvalue weighted by atomic mass is 10.1. The lowest BCUT2D eigenvalue weighted by molar-refractivity contribution is -0.129. The SMILES string of the molecule is CCOc1cc(C=C2N=C(c3ccccc3)OC2=O)ccc1OC(=O)c1ccco1. The molecule has 2 heterocycles. The second-order valence-corrected chi connectivity index (χ2v) is 6.21. The first kappa shape index (κ1) is 19.2. The molecule has 0 aliphatic carbocycles. The van der Waals surface area contributed by atoms with Gasteiger partial charge in [0, 0.05) is 5.56 Å². The molecule has 1 aromatic heterocycles. The second kappa shape index (κ2) is 8.48. The van der Waals surface area contributed by atoms with E-state index >= 15 is 0 Å². The fourth-order valence-corrected chi connectivity index (χ4v) is 2.78. The van der Waals surface area contributed by atoms with Gasteiger partial charge in [-0.05, 0) is 55.0 Å². The van der Waals surface area contributed by atoms with Gasteiger partial charge in [-0.1, -0.05) is 24.3 Å². The maximum Gasteiger partial charge on any atom is 0.379 e. The fourth-order valence-electron chi connectivity index (χ4n) is 2.78. The lowest BCUT2D eigenvalue weighted by Crippen LogP contribution is -2.08. The van der Waals surface area contributed by atoms with Crippen LogP contribution < -0.4 is 9.47 Å². The van der Waals surface area contributed by atoms with E-state index in [1.807, 2.05) is 37.3 Å². The Balaban J connectivity index is 1.60. The van der Waals surface area contributed by atoms with Crippen LogP contribution in [0.3, 0.4) is 0 Å². The van der Waals surface area contributed by atoms with Gasteiger partial charge >= 0.3 is 11.9 Å². The molecule has 7 nitrogen and oxygen atoms in total. The maximum atomic E-state index is 12.2. The van der Waals surface area contributed by atoms with Gasteiger partial charge in [-0.15, -0.1) is 0 Å². The van der Waals surface area contributed by atoms with Gasteiger partial charge in [-0.3, -0.25) is 0 Å². The molecule has 2 aromatic carbocycles. The molecule has 150 valence electrons. The largest absolute Gasteiger partial charge is 0.490 e. The van der Waals surface area contributed by atoms with E-state index in [1.165, 1.54) is 12.3 Å². The third-order valence-electron chi connectivity index (χ3n) is 4.14. The molecule has 0 spiro atoms. The van der Waals surface area contributed by atoms with Crippen molar-refractivity contribution in [2.75, 3.05) is 6.61 Å². The number of carbonyl (C=O) groups excluding carboxylic acids is 2. The lowest BCUT2D eigenvalue weighted by Gasteiger charge is -2.10. The first-order chi connectivity index (χ1) is 14.6. The van der Waals surface area contributed by atoms with Crippen molar-refractivity contribution in [2.45, 2.75) is 6.92 Å². The average molecular weight is 403 g/mol. The quantitative estimate of drug-likeness (QED) is 0.348. The Morgan fingerprint density at radius 3 is 2.63 bits per heavy atom. The van der Waals surface area contributed by atoms with E-state index in [0.717, 1.165) is 0 Å². The van der Waals surface area contributed by atoms with Gasteiger partial charge in [0.05, 0.1) is 12.9 Å². The third kappa shape index (κ3) is 4.15.